The van der Waals surface area contributed by atoms with Gasteiger partial charge in [0, 0.05) is 30.0 Å². The van der Waals surface area contributed by atoms with Gasteiger partial charge in [-0.15, -0.1) is 0 Å². The standard InChI is InChI=1S/C16H14Cl2N2O2/c17-11-7-13(15(21)14(18)8-11)16(22)20(12-1-2-12)9-10-3-5-19-6-4-10/h3-8,12,21H,1-2,9H2. The summed E-state index contributed by atoms with van der Waals surface area (Å²) >= 11 is 11.9. The van der Waals surface area contributed by atoms with Crippen molar-refractivity contribution in [3.63, 3.8) is 0 Å². The van der Waals surface area contributed by atoms with Crippen LogP contribution in [0.4, 0.5) is 0 Å². The highest BCUT2D eigenvalue weighted by Crippen LogP contribution is 2.35. The Morgan fingerprint density at radius 2 is 1.95 bits per heavy atom. The van der Waals surface area contributed by atoms with Crippen LogP contribution in [-0.2, 0) is 6.54 Å². The van der Waals surface area contributed by atoms with Gasteiger partial charge >= 0.3 is 0 Å². The number of hydrogen-bond donors (Lipinski definition) is 1. The second-order valence-corrected chi connectivity index (χ2v) is 6.15. The first kappa shape index (κ1) is 15.1. The van der Waals surface area contributed by atoms with E-state index in [0.717, 1.165) is 18.4 Å². The number of halogens is 2. The number of hydrogen-bond acceptors (Lipinski definition) is 3. The van der Waals surface area contributed by atoms with Gasteiger partial charge in [0.05, 0.1) is 10.6 Å². The Bertz CT molecular complexity index is 703. The van der Waals surface area contributed by atoms with Crippen molar-refractivity contribution in [1.82, 2.24) is 9.88 Å². The van der Waals surface area contributed by atoms with Gasteiger partial charge in [-0.1, -0.05) is 23.2 Å². The lowest BCUT2D eigenvalue weighted by Gasteiger charge is -2.23. The summed E-state index contributed by atoms with van der Waals surface area (Å²) < 4.78 is 0. The zero-order valence-corrected chi connectivity index (χ0v) is 13.2. The van der Waals surface area contributed by atoms with Crippen LogP contribution >= 0.6 is 23.2 Å². The van der Waals surface area contributed by atoms with Gasteiger partial charge in [-0.2, -0.15) is 0 Å². The van der Waals surface area contributed by atoms with Gasteiger partial charge in [0.15, 0.2) is 0 Å². The molecule has 1 N–H and O–H groups in total. The maximum atomic E-state index is 12.8. The van der Waals surface area contributed by atoms with Crippen molar-refractivity contribution in [3.05, 3.63) is 57.8 Å². The Balaban J connectivity index is 1.91. The van der Waals surface area contributed by atoms with E-state index < -0.39 is 0 Å². The van der Waals surface area contributed by atoms with E-state index in [1.54, 1.807) is 17.3 Å². The minimum atomic E-state index is -0.263. The number of phenolic OH excluding ortho intramolecular Hbond substituents is 1. The third kappa shape index (κ3) is 3.18. The maximum Gasteiger partial charge on any atom is 0.258 e. The van der Waals surface area contributed by atoms with Gasteiger partial charge in [0.25, 0.3) is 5.91 Å². The minimum absolute atomic E-state index is 0.0792. The number of amides is 1. The molecule has 0 unspecified atom stereocenters. The van der Waals surface area contributed by atoms with Crippen molar-refractivity contribution in [2.24, 2.45) is 0 Å². The molecule has 1 aromatic carbocycles. The lowest BCUT2D eigenvalue weighted by Crippen LogP contribution is -2.32. The highest BCUT2D eigenvalue weighted by molar-refractivity contribution is 6.36. The predicted octanol–water partition coefficient (Wildman–Crippen LogP) is 3.90. The van der Waals surface area contributed by atoms with Crippen LogP contribution in [0.1, 0.15) is 28.8 Å². The highest BCUT2D eigenvalue weighted by atomic mass is 35.5. The molecule has 1 aromatic heterocycles. The number of carbonyl (C=O) groups excluding carboxylic acids is 1. The molecule has 1 amide bonds. The van der Waals surface area contributed by atoms with Crippen LogP contribution in [0.2, 0.25) is 10.0 Å². The Labute approximate surface area is 138 Å². The molecule has 1 heterocycles. The largest absolute Gasteiger partial charge is 0.506 e. The summed E-state index contributed by atoms with van der Waals surface area (Å²) in [5.41, 5.74) is 1.13. The number of pyridine rings is 1. The van der Waals surface area contributed by atoms with Gasteiger partial charge in [0.2, 0.25) is 0 Å². The molecule has 3 rings (SSSR count). The highest BCUT2D eigenvalue weighted by Gasteiger charge is 2.34. The average molecular weight is 337 g/mol. The van der Waals surface area contributed by atoms with Crippen LogP contribution in [0.25, 0.3) is 0 Å². The van der Waals surface area contributed by atoms with Gasteiger partial charge in [0.1, 0.15) is 5.75 Å². The molecular formula is C16H14Cl2N2O2. The molecule has 0 spiro atoms. The van der Waals surface area contributed by atoms with Gasteiger partial charge in [-0.05, 0) is 42.7 Å². The number of benzene rings is 1. The van der Waals surface area contributed by atoms with Crippen LogP contribution in [-0.4, -0.2) is 26.9 Å². The molecule has 2 aromatic rings. The second-order valence-electron chi connectivity index (χ2n) is 5.30. The van der Waals surface area contributed by atoms with E-state index in [1.165, 1.54) is 12.1 Å². The molecule has 1 aliphatic carbocycles. The van der Waals surface area contributed by atoms with E-state index in [-0.39, 0.29) is 28.3 Å². The van der Waals surface area contributed by atoms with E-state index in [0.29, 0.717) is 11.6 Å². The van der Waals surface area contributed by atoms with Crippen LogP contribution in [0.3, 0.4) is 0 Å². The van der Waals surface area contributed by atoms with Gasteiger partial charge in [-0.3, -0.25) is 9.78 Å². The zero-order valence-electron chi connectivity index (χ0n) is 11.7. The molecule has 0 radical (unpaired) electrons. The summed E-state index contributed by atoms with van der Waals surface area (Å²) in [5.74, 6) is -0.488. The fourth-order valence-electron chi connectivity index (χ4n) is 2.32. The molecule has 1 aliphatic rings. The summed E-state index contributed by atoms with van der Waals surface area (Å²) in [4.78, 5) is 18.5. The van der Waals surface area contributed by atoms with Crippen molar-refractivity contribution < 1.29 is 9.90 Å². The van der Waals surface area contributed by atoms with Crippen molar-refractivity contribution >= 4 is 29.1 Å². The number of nitrogens with zero attached hydrogens (tertiary/aromatic N) is 2. The quantitative estimate of drug-likeness (QED) is 0.921. The average Bonchev–Trinajstić information content (AvgIpc) is 3.33. The molecule has 114 valence electrons. The smallest absolute Gasteiger partial charge is 0.258 e. The Morgan fingerprint density at radius 3 is 2.59 bits per heavy atom. The fourth-order valence-corrected chi connectivity index (χ4v) is 2.81. The first-order valence-electron chi connectivity index (χ1n) is 6.94. The van der Waals surface area contributed by atoms with Crippen LogP contribution in [0, 0.1) is 0 Å². The van der Waals surface area contributed by atoms with Crippen molar-refractivity contribution in [3.8, 4) is 5.75 Å². The lowest BCUT2D eigenvalue weighted by atomic mass is 10.1. The van der Waals surface area contributed by atoms with E-state index in [2.05, 4.69) is 4.98 Å². The lowest BCUT2D eigenvalue weighted by molar-refractivity contribution is 0.0727. The first-order chi connectivity index (χ1) is 10.6. The van der Waals surface area contributed by atoms with E-state index in [4.69, 9.17) is 23.2 Å². The number of aromatic nitrogens is 1. The summed E-state index contributed by atoms with van der Waals surface area (Å²) in [7, 11) is 0. The third-order valence-electron chi connectivity index (χ3n) is 3.61. The third-order valence-corrected chi connectivity index (χ3v) is 4.12. The topological polar surface area (TPSA) is 53.4 Å². The van der Waals surface area contributed by atoms with Crippen molar-refractivity contribution in [2.45, 2.75) is 25.4 Å². The zero-order chi connectivity index (χ0) is 15.7. The van der Waals surface area contributed by atoms with Crippen molar-refractivity contribution in [1.29, 1.82) is 0 Å². The number of rotatable bonds is 4. The van der Waals surface area contributed by atoms with E-state index in [1.807, 2.05) is 12.1 Å². The SMILES string of the molecule is O=C(c1cc(Cl)cc(Cl)c1O)N(Cc1ccncc1)C1CC1. The molecule has 0 bridgehead atoms. The number of aromatic hydroxyl groups is 1. The van der Waals surface area contributed by atoms with Crippen LogP contribution < -0.4 is 0 Å². The van der Waals surface area contributed by atoms with Crippen LogP contribution in [0.15, 0.2) is 36.7 Å². The summed E-state index contributed by atoms with van der Waals surface area (Å²) in [6.07, 6.45) is 5.31. The molecule has 6 heteroatoms. The van der Waals surface area contributed by atoms with E-state index in [9.17, 15) is 9.90 Å². The van der Waals surface area contributed by atoms with Gasteiger partial charge < -0.3 is 10.0 Å². The first-order valence-corrected chi connectivity index (χ1v) is 7.69. The Kier molecular flexibility index (Phi) is 4.23. The predicted molar refractivity (Wildman–Crippen MR) is 85.3 cm³/mol. The number of phenols is 1. The Morgan fingerprint density at radius 1 is 1.27 bits per heavy atom. The second kappa shape index (κ2) is 6.15. The monoisotopic (exact) mass is 336 g/mol. The molecule has 4 nitrogen and oxygen atoms in total. The Hall–Kier alpha value is -1.78. The van der Waals surface area contributed by atoms with Crippen molar-refractivity contribution in [2.75, 3.05) is 0 Å². The molecule has 0 aliphatic heterocycles. The summed E-state index contributed by atoms with van der Waals surface area (Å²) in [5, 5.41) is 10.5. The molecule has 0 atom stereocenters. The molecule has 1 saturated carbocycles. The van der Waals surface area contributed by atoms with Crippen LogP contribution in [0.5, 0.6) is 5.75 Å². The normalized spacial score (nSPS) is 13.9. The molecule has 0 saturated heterocycles. The molecular weight excluding hydrogens is 323 g/mol. The maximum absolute atomic E-state index is 12.8. The van der Waals surface area contributed by atoms with E-state index >= 15 is 0 Å². The summed E-state index contributed by atoms with van der Waals surface area (Å²) in [6.45, 7) is 0.468. The summed E-state index contributed by atoms with van der Waals surface area (Å²) in [6, 6.07) is 6.80. The molecule has 1 fully saturated rings. The number of carbonyl (C=O) groups is 1. The van der Waals surface area contributed by atoms with Gasteiger partial charge in [-0.25, -0.2) is 0 Å². The molecule has 22 heavy (non-hydrogen) atoms. The minimum Gasteiger partial charge on any atom is -0.506 e. The fraction of sp³-hybridized carbons (Fsp3) is 0.250.